The van der Waals surface area contributed by atoms with Gasteiger partial charge in [-0.15, -0.1) is 0 Å². The summed E-state index contributed by atoms with van der Waals surface area (Å²) in [5, 5.41) is 8.64. The summed E-state index contributed by atoms with van der Waals surface area (Å²) in [5.74, 6) is -1.58. The van der Waals surface area contributed by atoms with E-state index in [1.807, 2.05) is 6.07 Å². The zero-order chi connectivity index (χ0) is 14.9. The van der Waals surface area contributed by atoms with Crippen LogP contribution in [0.15, 0.2) is 0 Å². The lowest BCUT2D eigenvalue weighted by Crippen LogP contribution is -2.40. The molecule has 0 aliphatic rings. The summed E-state index contributed by atoms with van der Waals surface area (Å²) in [6.07, 6.45) is 0.0179. The molecule has 0 aromatic rings. The first-order chi connectivity index (χ1) is 8.94. The maximum absolute atomic E-state index is 12.0. The number of hydrogen-bond acceptors (Lipinski definition) is 6. The zero-order valence-electron chi connectivity index (χ0n) is 11.5. The van der Waals surface area contributed by atoms with Crippen molar-refractivity contribution in [2.75, 3.05) is 13.7 Å². The van der Waals surface area contributed by atoms with Crippen LogP contribution in [0.4, 0.5) is 0 Å². The third-order valence-electron chi connectivity index (χ3n) is 2.99. The van der Waals surface area contributed by atoms with Gasteiger partial charge in [-0.2, -0.15) is 5.26 Å². The molecule has 0 rings (SSSR count). The SMILES string of the molecule is CCOC(=O)[C@](CCC#N)(CCC(=O)OC)C(C)=O. The Hall–Kier alpha value is -1.90. The van der Waals surface area contributed by atoms with Crippen molar-refractivity contribution in [3.63, 3.8) is 0 Å². The van der Waals surface area contributed by atoms with E-state index < -0.39 is 23.1 Å². The van der Waals surface area contributed by atoms with Gasteiger partial charge in [-0.25, -0.2) is 0 Å². The van der Waals surface area contributed by atoms with Crippen molar-refractivity contribution in [3.05, 3.63) is 0 Å². The molecule has 0 aromatic heterocycles. The van der Waals surface area contributed by atoms with Crippen molar-refractivity contribution in [2.45, 2.75) is 39.5 Å². The highest BCUT2D eigenvalue weighted by molar-refractivity contribution is 6.03. The smallest absolute Gasteiger partial charge is 0.319 e. The van der Waals surface area contributed by atoms with Crippen LogP contribution >= 0.6 is 0 Å². The monoisotopic (exact) mass is 269 g/mol. The second-order valence-electron chi connectivity index (χ2n) is 4.09. The lowest BCUT2D eigenvalue weighted by molar-refractivity contribution is -0.161. The van der Waals surface area contributed by atoms with Crippen LogP contribution in [-0.4, -0.2) is 31.4 Å². The number of hydrogen-bond donors (Lipinski definition) is 0. The molecular formula is C13H19NO5. The minimum Gasteiger partial charge on any atom is -0.469 e. The molecule has 0 N–H and O–H groups in total. The summed E-state index contributed by atoms with van der Waals surface area (Å²) in [4.78, 5) is 35.0. The molecule has 0 amide bonds. The van der Waals surface area contributed by atoms with E-state index in [4.69, 9.17) is 10.00 Å². The van der Waals surface area contributed by atoms with Crippen molar-refractivity contribution in [2.24, 2.45) is 5.41 Å². The predicted octanol–water partition coefficient (Wildman–Crippen LogP) is 1.38. The number of esters is 2. The molecule has 0 aliphatic carbocycles. The highest BCUT2D eigenvalue weighted by Crippen LogP contribution is 2.33. The molecule has 0 spiro atoms. The highest BCUT2D eigenvalue weighted by Gasteiger charge is 2.44. The number of carbonyl (C=O) groups is 3. The normalized spacial score (nSPS) is 12.9. The number of carbonyl (C=O) groups excluding carboxylic acids is 3. The minimum atomic E-state index is -1.43. The Morgan fingerprint density at radius 3 is 2.32 bits per heavy atom. The van der Waals surface area contributed by atoms with Gasteiger partial charge in [0.25, 0.3) is 0 Å². The van der Waals surface area contributed by atoms with Crippen molar-refractivity contribution >= 4 is 17.7 Å². The van der Waals surface area contributed by atoms with Crippen LogP contribution < -0.4 is 0 Å². The number of nitriles is 1. The summed E-state index contributed by atoms with van der Waals surface area (Å²) in [6.45, 7) is 3.04. The maximum Gasteiger partial charge on any atom is 0.319 e. The van der Waals surface area contributed by atoms with E-state index in [1.54, 1.807) is 6.92 Å². The molecule has 0 fully saturated rings. The zero-order valence-corrected chi connectivity index (χ0v) is 11.5. The molecule has 0 aliphatic heterocycles. The van der Waals surface area contributed by atoms with Crippen molar-refractivity contribution < 1.29 is 23.9 Å². The largest absolute Gasteiger partial charge is 0.469 e. The van der Waals surface area contributed by atoms with E-state index in [2.05, 4.69) is 4.74 Å². The van der Waals surface area contributed by atoms with Gasteiger partial charge in [0.2, 0.25) is 0 Å². The Bertz CT molecular complexity index is 385. The van der Waals surface area contributed by atoms with Crippen LogP contribution in [0.25, 0.3) is 0 Å². The van der Waals surface area contributed by atoms with Crippen LogP contribution in [0, 0.1) is 16.7 Å². The van der Waals surface area contributed by atoms with Gasteiger partial charge in [-0.05, 0) is 26.7 Å². The fourth-order valence-corrected chi connectivity index (χ4v) is 1.78. The van der Waals surface area contributed by atoms with Gasteiger partial charge in [0.15, 0.2) is 0 Å². The fourth-order valence-electron chi connectivity index (χ4n) is 1.78. The van der Waals surface area contributed by atoms with E-state index in [9.17, 15) is 14.4 Å². The molecule has 0 aromatic carbocycles. The van der Waals surface area contributed by atoms with Crippen molar-refractivity contribution in [3.8, 4) is 6.07 Å². The predicted molar refractivity (Wildman–Crippen MR) is 65.8 cm³/mol. The van der Waals surface area contributed by atoms with Gasteiger partial charge in [0, 0.05) is 12.8 Å². The van der Waals surface area contributed by atoms with Gasteiger partial charge >= 0.3 is 11.9 Å². The van der Waals surface area contributed by atoms with Gasteiger partial charge in [0.05, 0.1) is 19.8 Å². The van der Waals surface area contributed by atoms with Crippen molar-refractivity contribution in [1.82, 2.24) is 0 Å². The van der Waals surface area contributed by atoms with E-state index in [-0.39, 0.29) is 32.3 Å². The standard InChI is InChI=1S/C13H19NO5/c1-4-19-12(17)13(10(2)15,7-5-9-14)8-6-11(16)18-3/h4-8H2,1-3H3/t13-/m1/s1. The molecule has 1 atom stereocenters. The van der Waals surface area contributed by atoms with Crippen LogP contribution in [0.3, 0.4) is 0 Å². The van der Waals surface area contributed by atoms with Crippen LogP contribution in [0.2, 0.25) is 0 Å². The first-order valence-electron chi connectivity index (χ1n) is 6.06. The van der Waals surface area contributed by atoms with E-state index in [0.29, 0.717) is 0 Å². The number of Topliss-reactive ketones (excluding diaryl/α,β-unsaturated/α-hetero) is 1. The van der Waals surface area contributed by atoms with E-state index in [0.717, 1.165) is 0 Å². The van der Waals surface area contributed by atoms with Crippen LogP contribution in [0.5, 0.6) is 0 Å². The second kappa shape index (κ2) is 8.25. The Morgan fingerprint density at radius 1 is 1.26 bits per heavy atom. The summed E-state index contributed by atoms with van der Waals surface area (Å²) >= 11 is 0. The summed E-state index contributed by atoms with van der Waals surface area (Å²) in [5.41, 5.74) is -1.43. The molecule has 0 saturated carbocycles. The first kappa shape index (κ1) is 17.1. The lowest BCUT2D eigenvalue weighted by Gasteiger charge is -2.27. The summed E-state index contributed by atoms with van der Waals surface area (Å²) in [6, 6.07) is 1.90. The number of nitrogens with zero attached hydrogens (tertiary/aromatic N) is 1. The summed E-state index contributed by atoms with van der Waals surface area (Å²) < 4.78 is 9.41. The Kier molecular flexibility index (Phi) is 7.42. The maximum atomic E-state index is 12.0. The molecule has 19 heavy (non-hydrogen) atoms. The third-order valence-corrected chi connectivity index (χ3v) is 2.99. The average molecular weight is 269 g/mol. The Labute approximate surface area is 112 Å². The quantitative estimate of drug-likeness (QED) is 0.488. The molecule has 6 heteroatoms. The van der Waals surface area contributed by atoms with Gasteiger partial charge in [-0.1, -0.05) is 0 Å². The van der Waals surface area contributed by atoms with Crippen molar-refractivity contribution in [1.29, 1.82) is 5.26 Å². The number of ketones is 1. The number of methoxy groups -OCH3 is 1. The lowest BCUT2D eigenvalue weighted by atomic mass is 9.76. The minimum absolute atomic E-state index is 0.00444. The first-order valence-corrected chi connectivity index (χ1v) is 6.06. The molecule has 0 unspecified atom stereocenters. The average Bonchev–Trinajstić information content (AvgIpc) is 2.38. The molecule has 106 valence electrons. The van der Waals surface area contributed by atoms with Crippen LogP contribution in [0.1, 0.15) is 39.5 Å². The molecule has 0 heterocycles. The number of rotatable bonds is 8. The van der Waals surface area contributed by atoms with E-state index >= 15 is 0 Å². The Balaban J connectivity index is 5.14. The van der Waals surface area contributed by atoms with Gasteiger partial charge < -0.3 is 9.47 Å². The molecular weight excluding hydrogens is 250 g/mol. The third kappa shape index (κ3) is 4.70. The fraction of sp³-hybridized carbons (Fsp3) is 0.692. The van der Waals surface area contributed by atoms with Gasteiger partial charge in [0.1, 0.15) is 11.2 Å². The van der Waals surface area contributed by atoms with Crippen LogP contribution in [-0.2, 0) is 23.9 Å². The van der Waals surface area contributed by atoms with Gasteiger partial charge in [-0.3, -0.25) is 14.4 Å². The Morgan fingerprint density at radius 2 is 1.89 bits per heavy atom. The molecule has 0 saturated heterocycles. The molecule has 6 nitrogen and oxygen atoms in total. The molecule has 0 radical (unpaired) electrons. The molecule has 0 bridgehead atoms. The topological polar surface area (TPSA) is 93.5 Å². The summed E-state index contributed by atoms with van der Waals surface area (Å²) in [7, 11) is 1.23. The van der Waals surface area contributed by atoms with E-state index in [1.165, 1.54) is 14.0 Å². The second-order valence-corrected chi connectivity index (χ2v) is 4.09. The number of ether oxygens (including phenoxy) is 2. The highest BCUT2D eigenvalue weighted by atomic mass is 16.5.